The molecule has 0 unspecified atom stereocenters. The first-order valence-electron chi connectivity index (χ1n) is 15.7. The van der Waals surface area contributed by atoms with E-state index in [-0.39, 0.29) is 29.3 Å². The van der Waals surface area contributed by atoms with Gasteiger partial charge in [0, 0.05) is 0 Å². The molecule has 0 aliphatic heterocycles. The number of hydrogen-bond donors (Lipinski definition) is 4. The van der Waals surface area contributed by atoms with Crippen LogP contribution in [0, 0.1) is 6.92 Å². The number of methoxy groups -OCH3 is 1. The average Bonchev–Trinajstić information content (AvgIpc) is 3.09. The number of aryl methyl sites for hydroxylation is 1. The normalized spacial score (nSPS) is 12.2. The molecule has 6 aromatic rings. The molecule has 7 heteroatoms. The van der Waals surface area contributed by atoms with E-state index in [1.807, 2.05) is 61.5 Å². The van der Waals surface area contributed by atoms with Gasteiger partial charge in [0.15, 0.2) is 0 Å². The van der Waals surface area contributed by atoms with Gasteiger partial charge in [0.2, 0.25) is 0 Å². The van der Waals surface area contributed by atoms with E-state index in [2.05, 4.69) is 48.5 Å². The number of rotatable bonds is 11. The van der Waals surface area contributed by atoms with Crippen molar-refractivity contribution in [2.24, 2.45) is 0 Å². The molecule has 6 rings (SSSR count). The maximum absolute atomic E-state index is 10.9. The molecule has 0 saturated heterocycles. The van der Waals surface area contributed by atoms with E-state index in [9.17, 15) is 20.4 Å². The minimum atomic E-state index is -4.04. The van der Waals surface area contributed by atoms with Crippen molar-refractivity contribution in [3.05, 3.63) is 167 Å². The summed E-state index contributed by atoms with van der Waals surface area (Å²) in [6, 6.07) is 44.0. The molecule has 0 saturated carbocycles. The second-order valence-electron chi connectivity index (χ2n) is 12.1. The first-order chi connectivity index (χ1) is 23.2. The third kappa shape index (κ3) is 5.97. The van der Waals surface area contributed by atoms with E-state index < -0.39 is 6.83 Å². The molecule has 0 aromatic heterocycles. The molecule has 0 bridgehead atoms. The molecule has 0 aliphatic carbocycles. The number of benzene rings is 6. The number of phenolic OH excluding ortho intramolecular Hbond substituents is 4. The summed E-state index contributed by atoms with van der Waals surface area (Å²) in [4.78, 5) is 0. The summed E-state index contributed by atoms with van der Waals surface area (Å²) < 4.78 is 14.2. The van der Waals surface area contributed by atoms with E-state index in [1.165, 1.54) is 12.1 Å². The third-order valence-corrected chi connectivity index (χ3v) is 14.4. The van der Waals surface area contributed by atoms with Crippen LogP contribution in [-0.4, -0.2) is 33.9 Å². The predicted molar refractivity (Wildman–Crippen MR) is 194 cm³/mol. The number of phenols is 4. The molecule has 4 N–H and O–H groups in total. The second kappa shape index (κ2) is 13.4. The Bertz CT molecular complexity index is 1860. The van der Waals surface area contributed by atoms with E-state index in [1.54, 1.807) is 31.4 Å². The van der Waals surface area contributed by atoms with Crippen LogP contribution in [0.15, 0.2) is 140 Å². The van der Waals surface area contributed by atoms with Gasteiger partial charge in [0.1, 0.15) is 0 Å². The van der Waals surface area contributed by atoms with Gasteiger partial charge < -0.3 is 0 Å². The van der Waals surface area contributed by atoms with Crippen LogP contribution >= 0.6 is 6.83 Å². The van der Waals surface area contributed by atoms with Crippen molar-refractivity contribution in [1.29, 1.82) is 0 Å². The Labute approximate surface area is 281 Å². The van der Waals surface area contributed by atoms with Crippen LogP contribution in [0.4, 0.5) is 0 Å². The summed E-state index contributed by atoms with van der Waals surface area (Å²) in [7, 11) is 1.69. The van der Waals surface area contributed by atoms with Gasteiger partial charge in [-0.25, -0.2) is 0 Å². The Hall–Kier alpha value is -5.29. The molecule has 0 heterocycles. The molecule has 0 amide bonds. The van der Waals surface area contributed by atoms with Gasteiger partial charge in [-0.3, -0.25) is 0 Å². The molecule has 0 radical (unpaired) electrons. The summed E-state index contributed by atoms with van der Waals surface area (Å²) in [6.45, 7) is -2.03. The van der Waals surface area contributed by atoms with Crippen molar-refractivity contribution >= 4 is 22.7 Å². The third-order valence-electron chi connectivity index (χ3n) is 8.86. The van der Waals surface area contributed by atoms with E-state index >= 15 is 0 Å². The van der Waals surface area contributed by atoms with E-state index in [4.69, 9.17) is 9.26 Å². The zero-order chi connectivity index (χ0) is 33.8. The molecule has 0 atom stereocenters. The van der Waals surface area contributed by atoms with Crippen molar-refractivity contribution < 1.29 is 29.7 Å². The van der Waals surface area contributed by atoms with Crippen LogP contribution in [0.2, 0.25) is 0 Å². The first-order valence-corrected chi connectivity index (χ1v) is 18.1. The Kier molecular flexibility index (Phi) is 9.14. The fraction of sp³-hybridized carbons (Fsp3) is 0.122. The Morgan fingerprint density at radius 3 is 1.25 bits per heavy atom. The molecule has 48 heavy (non-hydrogen) atoms. The Balaban J connectivity index is 1.71. The second-order valence-corrected chi connectivity index (χ2v) is 16.5. The van der Waals surface area contributed by atoms with Gasteiger partial charge in [-0.1, -0.05) is 0 Å². The first kappa shape index (κ1) is 32.6. The van der Waals surface area contributed by atoms with Crippen LogP contribution in [0.3, 0.4) is 0 Å². The summed E-state index contributed by atoms with van der Waals surface area (Å²) in [5, 5.41) is 44.8. The average molecular weight is 659 g/mol. The van der Waals surface area contributed by atoms with Gasteiger partial charge in [0.05, 0.1) is 0 Å². The van der Waals surface area contributed by atoms with Crippen molar-refractivity contribution in [3.63, 3.8) is 0 Å². The molecule has 0 aliphatic rings. The molecule has 6 aromatic carbocycles. The van der Waals surface area contributed by atoms with Gasteiger partial charge in [0.25, 0.3) is 0 Å². The fourth-order valence-corrected chi connectivity index (χ4v) is 11.9. The summed E-state index contributed by atoms with van der Waals surface area (Å²) in [5.41, 5.74) is 3.84. The topological polar surface area (TPSA) is 99.4 Å². The number of hydrogen-bond acceptors (Lipinski definition) is 6. The summed E-state index contributed by atoms with van der Waals surface area (Å²) >= 11 is 0. The zero-order valence-corrected chi connectivity index (χ0v) is 27.8. The fourth-order valence-electron chi connectivity index (χ4n) is 6.66. The van der Waals surface area contributed by atoms with E-state index in [0.717, 1.165) is 32.6 Å². The monoisotopic (exact) mass is 658 g/mol. The van der Waals surface area contributed by atoms with Gasteiger partial charge in [-0.05, 0) is 0 Å². The molecular weight excluding hydrogens is 619 g/mol. The van der Waals surface area contributed by atoms with Crippen LogP contribution in [0.1, 0.15) is 27.8 Å². The quantitative estimate of drug-likeness (QED) is 0.108. The molecule has 244 valence electrons. The van der Waals surface area contributed by atoms with Gasteiger partial charge >= 0.3 is 282 Å². The van der Waals surface area contributed by atoms with Gasteiger partial charge in [-0.15, -0.1) is 0 Å². The maximum atomic E-state index is 10.9. The number of ether oxygens (including phenoxy) is 1. The van der Waals surface area contributed by atoms with Crippen molar-refractivity contribution in [1.82, 2.24) is 0 Å². The van der Waals surface area contributed by atoms with Gasteiger partial charge in [-0.2, -0.15) is 0 Å². The standard InChI is InChI=1S/C41H39O6P/c1-29-22-32(24-30-18-20-34(42)26-39(30)44)41(33(23-29)25-31-19-21-35(43)27-40(31)45)47-48(28-46-2,36-12-6-3-7-13-36,37-14-8-4-9-15-37)38-16-10-5-11-17-38/h3-23,26-27,42-45H,24-25,28H2,1-2H3. The zero-order valence-electron chi connectivity index (χ0n) is 27.0. The molecular formula is C41H39O6P. The molecule has 0 fully saturated rings. The Morgan fingerprint density at radius 1 is 0.500 bits per heavy atom. The van der Waals surface area contributed by atoms with Crippen LogP contribution < -0.4 is 20.4 Å². The SMILES string of the molecule is COCP(Oc1c(Cc2ccc(O)cc2O)cc(C)cc1Cc1ccc(O)cc1O)(c1ccccc1)(c1ccccc1)c1ccccc1. The van der Waals surface area contributed by atoms with Crippen molar-refractivity contribution in [3.8, 4) is 28.7 Å². The van der Waals surface area contributed by atoms with Crippen molar-refractivity contribution in [2.45, 2.75) is 19.8 Å². The van der Waals surface area contributed by atoms with Crippen LogP contribution in [0.25, 0.3) is 0 Å². The van der Waals surface area contributed by atoms with Crippen LogP contribution in [-0.2, 0) is 17.6 Å². The van der Waals surface area contributed by atoms with Crippen LogP contribution in [0.5, 0.6) is 28.7 Å². The molecule has 0 spiro atoms. The molecule has 6 nitrogen and oxygen atoms in total. The Morgan fingerprint density at radius 2 is 0.896 bits per heavy atom. The summed E-state index contributed by atoms with van der Waals surface area (Å²) in [6.07, 6.45) is 0.830. The summed E-state index contributed by atoms with van der Waals surface area (Å²) in [5.74, 6) is 0.504. The minimum absolute atomic E-state index is 0.0243. The predicted octanol–water partition coefficient (Wildman–Crippen LogP) is 7.43. The number of aromatic hydroxyl groups is 4. The van der Waals surface area contributed by atoms with Crippen molar-refractivity contribution in [2.75, 3.05) is 13.5 Å². The van der Waals surface area contributed by atoms with E-state index in [0.29, 0.717) is 29.7 Å².